The van der Waals surface area contributed by atoms with Gasteiger partial charge in [-0.05, 0) is 24.5 Å². The van der Waals surface area contributed by atoms with Gasteiger partial charge in [-0.25, -0.2) is 8.78 Å². The molecule has 2 atom stereocenters. The van der Waals surface area contributed by atoms with Crippen molar-refractivity contribution in [1.82, 2.24) is 0 Å². The van der Waals surface area contributed by atoms with Crippen molar-refractivity contribution in [3.63, 3.8) is 0 Å². The van der Waals surface area contributed by atoms with Crippen molar-refractivity contribution in [1.29, 1.82) is 0 Å². The van der Waals surface area contributed by atoms with E-state index in [-0.39, 0.29) is 24.4 Å². The maximum Gasteiger partial charge on any atom is 0.129 e. The molecule has 0 bridgehead atoms. The second-order valence-corrected chi connectivity index (χ2v) is 3.51. The highest BCUT2D eigenvalue weighted by Crippen LogP contribution is 2.36. The van der Waals surface area contributed by atoms with Gasteiger partial charge in [0.2, 0.25) is 0 Å². The average molecular weight is 220 g/mol. The Morgan fingerprint density at radius 1 is 1.21 bits per heavy atom. The van der Waals surface area contributed by atoms with Crippen LogP contribution in [0.15, 0.2) is 18.2 Å². The maximum atomic E-state index is 13.2. The maximum absolute atomic E-state index is 13.2. The van der Waals surface area contributed by atoms with Gasteiger partial charge < -0.3 is 5.73 Å². The van der Waals surface area contributed by atoms with Crippen LogP contribution < -0.4 is 5.73 Å². The van der Waals surface area contributed by atoms with Gasteiger partial charge in [0.05, 0.1) is 0 Å². The molecule has 2 N–H and O–H groups in total. The Labute approximate surface area is 87.7 Å². The Morgan fingerprint density at radius 2 is 1.93 bits per heavy atom. The van der Waals surface area contributed by atoms with E-state index in [2.05, 4.69) is 0 Å². The Hall–Kier alpha value is -0.670. The summed E-state index contributed by atoms with van der Waals surface area (Å²) in [5, 5.41) is 0. The molecule has 78 valence electrons. The molecule has 0 amide bonds. The lowest BCUT2D eigenvalue weighted by Crippen LogP contribution is -2.37. The van der Waals surface area contributed by atoms with Crippen LogP contribution in [-0.2, 0) is 0 Å². The Morgan fingerprint density at radius 3 is 2.36 bits per heavy atom. The molecule has 0 spiro atoms. The minimum absolute atomic E-state index is 0. The summed E-state index contributed by atoms with van der Waals surface area (Å²) in [6.45, 7) is 0. The summed E-state index contributed by atoms with van der Waals surface area (Å²) >= 11 is 0. The Balaban J connectivity index is 0.000000980. The first-order valence-corrected chi connectivity index (χ1v) is 4.39. The fourth-order valence-corrected chi connectivity index (χ4v) is 1.71. The summed E-state index contributed by atoms with van der Waals surface area (Å²) in [5.41, 5.74) is 6.26. The van der Waals surface area contributed by atoms with Gasteiger partial charge in [-0.3, -0.25) is 0 Å². The first-order chi connectivity index (χ1) is 6.18. The third kappa shape index (κ3) is 1.88. The Kier molecular flexibility index (Phi) is 3.45. The van der Waals surface area contributed by atoms with Crippen LogP contribution in [0.5, 0.6) is 0 Å². The summed E-state index contributed by atoms with van der Waals surface area (Å²) in [5.74, 6) is -0.921. The van der Waals surface area contributed by atoms with E-state index in [4.69, 9.17) is 5.73 Å². The van der Waals surface area contributed by atoms with Crippen LogP contribution in [0.4, 0.5) is 8.78 Å². The minimum atomic E-state index is -0.533. The lowest BCUT2D eigenvalue weighted by atomic mass is 9.75. The van der Waals surface area contributed by atoms with Crippen molar-refractivity contribution in [2.75, 3.05) is 0 Å². The molecule has 1 aliphatic carbocycles. The summed E-state index contributed by atoms with van der Waals surface area (Å²) in [7, 11) is 0. The van der Waals surface area contributed by atoms with Gasteiger partial charge in [0.25, 0.3) is 0 Å². The fraction of sp³-hybridized carbons (Fsp3) is 0.400. The van der Waals surface area contributed by atoms with Crippen molar-refractivity contribution in [3.8, 4) is 0 Å². The van der Waals surface area contributed by atoms with Crippen LogP contribution >= 0.6 is 12.4 Å². The minimum Gasteiger partial charge on any atom is -0.327 e. The van der Waals surface area contributed by atoms with Crippen molar-refractivity contribution in [3.05, 3.63) is 35.4 Å². The van der Waals surface area contributed by atoms with E-state index >= 15 is 0 Å². The highest BCUT2D eigenvalue weighted by molar-refractivity contribution is 5.85. The van der Waals surface area contributed by atoms with Crippen LogP contribution in [0.25, 0.3) is 0 Å². The molecule has 1 aromatic rings. The smallest absolute Gasteiger partial charge is 0.129 e. The van der Waals surface area contributed by atoms with Crippen LogP contribution in [-0.4, -0.2) is 6.04 Å². The number of rotatable bonds is 1. The van der Waals surface area contributed by atoms with Crippen molar-refractivity contribution < 1.29 is 8.78 Å². The summed E-state index contributed by atoms with van der Waals surface area (Å²) < 4.78 is 25.8. The van der Waals surface area contributed by atoms with E-state index < -0.39 is 11.6 Å². The van der Waals surface area contributed by atoms with E-state index in [1.807, 2.05) is 0 Å². The molecular formula is C10H12ClF2N. The predicted octanol–water partition coefficient (Wildman–Crippen LogP) is 2.59. The quantitative estimate of drug-likeness (QED) is 0.772. The van der Waals surface area contributed by atoms with E-state index in [1.54, 1.807) is 0 Å². The summed E-state index contributed by atoms with van der Waals surface area (Å²) in [4.78, 5) is 0. The molecule has 4 heteroatoms. The van der Waals surface area contributed by atoms with Crippen LogP contribution in [0.1, 0.15) is 24.3 Å². The molecule has 1 saturated carbocycles. The molecule has 1 fully saturated rings. The molecular weight excluding hydrogens is 208 g/mol. The average Bonchev–Trinajstić information content (AvgIpc) is 2.07. The molecule has 0 radical (unpaired) electrons. The molecule has 0 saturated heterocycles. The van der Waals surface area contributed by atoms with Gasteiger partial charge in [0.1, 0.15) is 11.6 Å². The van der Waals surface area contributed by atoms with Gasteiger partial charge in [0.15, 0.2) is 0 Å². The lowest BCUT2D eigenvalue weighted by Gasteiger charge is -2.34. The number of hydrogen-bond acceptors (Lipinski definition) is 1. The number of benzene rings is 1. The number of nitrogens with two attached hydrogens (primary N) is 1. The second kappa shape index (κ2) is 4.24. The molecule has 2 unspecified atom stereocenters. The largest absolute Gasteiger partial charge is 0.327 e. The second-order valence-electron chi connectivity index (χ2n) is 3.51. The van der Waals surface area contributed by atoms with E-state index in [1.165, 1.54) is 12.1 Å². The monoisotopic (exact) mass is 219 g/mol. The highest BCUT2D eigenvalue weighted by Gasteiger charge is 2.30. The third-order valence-corrected chi connectivity index (χ3v) is 2.69. The van der Waals surface area contributed by atoms with E-state index in [0.29, 0.717) is 5.56 Å². The molecule has 0 heterocycles. The first-order valence-electron chi connectivity index (χ1n) is 4.39. The topological polar surface area (TPSA) is 26.0 Å². The number of halogens is 3. The Bertz CT molecular complexity index is 330. The summed E-state index contributed by atoms with van der Waals surface area (Å²) in [6.07, 6.45) is 1.84. The SMILES string of the molecule is Cl.NC1CCC1c1ccc(F)cc1F. The van der Waals surface area contributed by atoms with Crippen LogP contribution in [0.3, 0.4) is 0 Å². The number of hydrogen-bond donors (Lipinski definition) is 1. The highest BCUT2D eigenvalue weighted by atomic mass is 35.5. The van der Waals surface area contributed by atoms with E-state index in [0.717, 1.165) is 18.9 Å². The fourth-order valence-electron chi connectivity index (χ4n) is 1.71. The van der Waals surface area contributed by atoms with Gasteiger partial charge in [-0.2, -0.15) is 0 Å². The van der Waals surface area contributed by atoms with Crippen molar-refractivity contribution >= 4 is 12.4 Å². The zero-order valence-corrected chi connectivity index (χ0v) is 8.36. The van der Waals surface area contributed by atoms with Crippen molar-refractivity contribution in [2.24, 2.45) is 5.73 Å². The zero-order valence-electron chi connectivity index (χ0n) is 7.54. The summed E-state index contributed by atoms with van der Waals surface area (Å²) in [6, 6.07) is 3.73. The van der Waals surface area contributed by atoms with Crippen LogP contribution in [0, 0.1) is 11.6 Å². The van der Waals surface area contributed by atoms with Gasteiger partial charge in [0, 0.05) is 18.0 Å². The van der Waals surface area contributed by atoms with Gasteiger partial charge >= 0.3 is 0 Å². The van der Waals surface area contributed by atoms with Gasteiger partial charge in [-0.1, -0.05) is 6.07 Å². The predicted molar refractivity (Wildman–Crippen MR) is 53.6 cm³/mol. The molecule has 14 heavy (non-hydrogen) atoms. The first kappa shape index (κ1) is 11.4. The lowest BCUT2D eigenvalue weighted by molar-refractivity contribution is 0.336. The molecule has 1 nitrogen and oxygen atoms in total. The molecule has 0 aromatic heterocycles. The molecule has 0 aliphatic heterocycles. The molecule has 2 rings (SSSR count). The molecule has 1 aliphatic rings. The standard InChI is InChI=1S/C10H11F2N.ClH/c11-6-1-2-7(9(12)5-6)8-3-4-10(8)13;/h1-2,5,8,10H,3-4,13H2;1H. The molecule has 1 aromatic carbocycles. The van der Waals surface area contributed by atoms with Gasteiger partial charge in [-0.15, -0.1) is 12.4 Å². The normalized spacial score (nSPS) is 25.1. The van der Waals surface area contributed by atoms with E-state index in [9.17, 15) is 8.78 Å². The van der Waals surface area contributed by atoms with Crippen molar-refractivity contribution in [2.45, 2.75) is 24.8 Å². The van der Waals surface area contributed by atoms with Crippen LogP contribution in [0.2, 0.25) is 0 Å². The third-order valence-electron chi connectivity index (χ3n) is 2.69. The zero-order chi connectivity index (χ0) is 9.42.